The van der Waals surface area contributed by atoms with Gasteiger partial charge in [0.2, 0.25) is 11.8 Å². The summed E-state index contributed by atoms with van der Waals surface area (Å²) in [6, 6.07) is 12.5. The van der Waals surface area contributed by atoms with Gasteiger partial charge in [0.25, 0.3) is 10.0 Å². The Kier molecular flexibility index (Phi) is 11.5. The molecular formula is C31H36Cl2FN3O6S. The highest BCUT2D eigenvalue weighted by molar-refractivity contribution is 7.92. The first-order valence-electron chi connectivity index (χ1n) is 13.7. The maximum Gasteiger partial charge on any atom is 0.264 e. The molecule has 0 saturated carbocycles. The first-order chi connectivity index (χ1) is 20.6. The molecule has 13 heteroatoms. The molecule has 2 amide bonds. The Balaban J connectivity index is 2.13. The number of ether oxygens (including phenoxy) is 2. The molecule has 1 atom stereocenters. The highest BCUT2D eigenvalue weighted by Gasteiger charge is 2.35. The molecule has 3 aromatic carbocycles. The molecule has 1 N–H and O–H groups in total. The summed E-state index contributed by atoms with van der Waals surface area (Å²) in [6.07, 6.45) is 0.220. The van der Waals surface area contributed by atoms with Gasteiger partial charge in [0.05, 0.1) is 24.8 Å². The fraction of sp³-hybridized carbons (Fsp3) is 0.355. The van der Waals surface area contributed by atoms with Gasteiger partial charge in [0, 0.05) is 28.2 Å². The van der Waals surface area contributed by atoms with Gasteiger partial charge >= 0.3 is 0 Å². The SMILES string of the molecule is CC[C@@H](C(=O)NC(C)(C)C)N(Cc1ccc(Cl)cc1Cl)C(=O)CN(c1ccc(F)cc1)S(=O)(=O)c1ccc(OC)c(OC)c1. The number of rotatable bonds is 12. The largest absolute Gasteiger partial charge is 0.493 e. The zero-order valence-electron chi connectivity index (χ0n) is 25.4. The number of carbonyl (C=O) groups is 2. The molecule has 0 aromatic heterocycles. The van der Waals surface area contributed by atoms with Crippen molar-refractivity contribution in [3.05, 3.63) is 82.1 Å². The number of nitrogens with zero attached hydrogens (tertiary/aromatic N) is 2. The molecule has 238 valence electrons. The highest BCUT2D eigenvalue weighted by atomic mass is 35.5. The molecule has 0 aliphatic heterocycles. The molecule has 0 heterocycles. The normalized spacial score (nSPS) is 12.3. The van der Waals surface area contributed by atoms with Gasteiger partial charge in [0.15, 0.2) is 11.5 Å². The summed E-state index contributed by atoms with van der Waals surface area (Å²) in [5, 5.41) is 3.56. The maximum absolute atomic E-state index is 14.2. The lowest BCUT2D eigenvalue weighted by Crippen LogP contribution is -2.55. The van der Waals surface area contributed by atoms with Gasteiger partial charge in [-0.25, -0.2) is 12.8 Å². The second-order valence-electron chi connectivity index (χ2n) is 10.9. The second-order valence-corrected chi connectivity index (χ2v) is 13.6. The van der Waals surface area contributed by atoms with Crippen LogP contribution in [-0.2, 0) is 26.2 Å². The Morgan fingerprint density at radius 3 is 2.14 bits per heavy atom. The zero-order chi connectivity index (χ0) is 32.8. The van der Waals surface area contributed by atoms with E-state index in [1.807, 2.05) is 20.8 Å². The third kappa shape index (κ3) is 8.55. The number of halogens is 3. The molecular weight excluding hydrogens is 632 g/mol. The molecule has 0 aliphatic carbocycles. The lowest BCUT2D eigenvalue weighted by Gasteiger charge is -2.35. The van der Waals surface area contributed by atoms with Crippen molar-refractivity contribution in [1.82, 2.24) is 10.2 Å². The number of hydrogen-bond acceptors (Lipinski definition) is 6. The molecule has 9 nitrogen and oxygen atoms in total. The number of carbonyl (C=O) groups excluding carboxylic acids is 2. The summed E-state index contributed by atoms with van der Waals surface area (Å²) >= 11 is 12.5. The molecule has 0 unspecified atom stereocenters. The van der Waals surface area contributed by atoms with E-state index in [0.717, 1.165) is 16.4 Å². The van der Waals surface area contributed by atoms with Crippen LogP contribution in [0.1, 0.15) is 39.7 Å². The number of methoxy groups -OCH3 is 2. The van der Waals surface area contributed by atoms with Gasteiger partial charge < -0.3 is 19.7 Å². The monoisotopic (exact) mass is 667 g/mol. The fourth-order valence-electron chi connectivity index (χ4n) is 4.45. The number of sulfonamides is 1. The quantitative estimate of drug-likeness (QED) is 0.252. The molecule has 3 rings (SSSR count). The van der Waals surface area contributed by atoms with Crippen LogP contribution in [0.25, 0.3) is 0 Å². The van der Waals surface area contributed by atoms with Crippen LogP contribution in [0.5, 0.6) is 11.5 Å². The molecule has 0 bridgehead atoms. The number of anilines is 1. The molecule has 3 aromatic rings. The predicted molar refractivity (Wildman–Crippen MR) is 169 cm³/mol. The molecule has 0 radical (unpaired) electrons. The lowest BCUT2D eigenvalue weighted by molar-refractivity contribution is -0.141. The summed E-state index contributed by atoms with van der Waals surface area (Å²) in [4.78, 5) is 28.7. The van der Waals surface area contributed by atoms with Gasteiger partial charge in [0.1, 0.15) is 18.4 Å². The number of amides is 2. The Bertz CT molecular complexity index is 1600. The van der Waals surface area contributed by atoms with Crippen LogP contribution in [0.2, 0.25) is 10.0 Å². The summed E-state index contributed by atoms with van der Waals surface area (Å²) in [5.74, 6) is -1.25. The van der Waals surface area contributed by atoms with E-state index < -0.39 is 45.8 Å². The minimum atomic E-state index is -4.44. The van der Waals surface area contributed by atoms with E-state index in [4.69, 9.17) is 32.7 Å². The number of hydrogen-bond donors (Lipinski definition) is 1. The number of benzene rings is 3. The van der Waals surface area contributed by atoms with Gasteiger partial charge in [-0.1, -0.05) is 36.2 Å². The van der Waals surface area contributed by atoms with Gasteiger partial charge in [-0.3, -0.25) is 13.9 Å². The molecule has 0 saturated heterocycles. The predicted octanol–water partition coefficient (Wildman–Crippen LogP) is 6.07. The van der Waals surface area contributed by atoms with Crippen molar-refractivity contribution < 1.29 is 31.9 Å². The zero-order valence-corrected chi connectivity index (χ0v) is 27.7. The smallest absolute Gasteiger partial charge is 0.264 e. The van der Waals surface area contributed by atoms with Crippen LogP contribution in [0.4, 0.5) is 10.1 Å². The van der Waals surface area contributed by atoms with E-state index in [1.54, 1.807) is 19.1 Å². The maximum atomic E-state index is 14.2. The molecule has 0 spiro atoms. The van der Waals surface area contributed by atoms with Crippen LogP contribution in [0, 0.1) is 5.82 Å². The molecule has 0 aliphatic rings. The van der Waals surface area contributed by atoms with Crippen LogP contribution in [0.15, 0.2) is 65.6 Å². The Hall–Kier alpha value is -3.54. The minimum Gasteiger partial charge on any atom is -0.493 e. The van der Waals surface area contributed by atoms with Gasteiger partial charge in [-0.2, -0.15) is 0 Å². The summed E-state index contributed by atoms with van der Waals surface area (Å²) in [7, 11) is -1.66. The van der Waals surface area contributed by atoms with E-state index in [1.165, 1.54) is 55.5 Å². The highest BCUT2D eigenvalue weighted by Crippen LogP contribution is 2.33. The van der Waals surface area contributed by atoms with Crippen molar-refractivity contribution >= 4 is 50.7 Å². The summed E-state index contributed by atoms with van der Waals surface area (Å²) in [6.45, 7) is 6.35. The summed E-state index contributed by atoms with van der Waals surface area (Å²) in [5.41, 5.74) is -0.0673. The average molecular weight is 669 g/mol. The molecule has 0 fully saturated rings. The Morgan fingerprint density at radius 2 is 1.59 bits per heavy atom. The van der Waals surface area contributed by atoms with Gasteiger partial charge in [-0.05, 0) is 81.3 Å². The summed E-state index contributed by atoms with van der Waals surface area (Å²) < 4.78 is 53.5. The van der Waals surface area contributed by atoms with Crippen molar-refractivity contribution in [2.75, 3.05) is 25.1 Å². The van der Waals surface area contributed by atoms with Crippen molar-refractivity contribution in [3.63, 3.8) is 0 Å². The van der Waals surface area contributed by atoms with Gasteiger partial charge in [-0.15, -0.1) is 0 Å². The first kappa shape index (κ1) is 34.9. The first-order valence-corrected chi connectivity index (χ1v) is 15.9. The fourth-order valence-corrected chi connectivity index (χ4v) is 6.34. The third-order valence-corrected chi connectivity index (χ3v) is 8.93. The second kappa shape index (κ2) is 14.5. The van der Waals surface area contributed by atoms with E-state index >= 15 is 0 Å². The van der Waals surface area contributed by atoms with Crippen LogP contribution < -0.4 is 19.1 Å². The molecule has 44 heavy (non-hydrogen) atoms. The van der Waals surface area contributed by atoms with E-state index in [-0.39, 0.29) is 34.3 Å². The number of nitrogens with one attached hydrogen (secondary N) is 1. The van der Waals surface area contributed by atoms with Crippen molar-refractivity contribution in [1.29, 1.82) is 0 Å². The Labute approximate surface area is 267 Å². The topological polar surface area (TPSA) is 105 Å². The van der Waals surface area contributed by atoms with E-state index in [0.29, 0.717) is 16.3 Å². The minimum absolute atomic E-state index is 0.0335. The van der Waals surface area contributed by atoms with Crippen molar-refractivity contribution in [2.24, 2.45) is 0 Å². The Morgan fingerprint density at radius 1 is 0.955 bits per heavy atom. The van der Waals surface area contributed by atoms with E-state index in [2.05, 4.69) is 5.32 Å². The standard InChI is InChI=1S/C31H36Cl2FN3O6S/c1-7-26(30(39)35-31(2,3)4)36(18-20-8-9-21(32)16-25(20)33)29(38)19-37(23-12-10-22(34)11-13-23)44(40,41)24-14-15-27(42-5)28(17-24)43-6/h8-17,26H,7,18-19H2,1-6H3,(H,35,39)/t26-/m0/s1. The lowest BCUT2D eigenvalue weighted by atomic mass is 10.1. The van der Waals surface area contributed by atoms with Crippen molar-refractivity contribution in [3.8, 4) is 11.5 Å². The third-order valence-electron chi connectivity index (χ3n) is 6.58. The van der Waals surface area contributed by atoms with Crippen LogP contribution >= 0.6 is 23.2 Å². The van der Waals surface area contributed by atoms with E-state index in [9.17, 15) is 22.4 Å². The average Bonchev–Trinajstić information content (AvgIpc) is 2.95. The van der Waals surface area contributed by atoms with Crippen LogP contribution in [0.3, 0.4) is 0 Å². The van der Waals surface area contributed by atoms with Crippen molar-refractivity contribution in [2.45, 2.75) is 57.1 Å². The van der Waals surface area contributed by atoms with Crippen LogP contribution in [-0.4, -0.2) is 57.5 Å².